The largest absolute Gasteiger partial charge is 0.459 e. The average molecular weight is 293 g/mol. The first kappa shape index (κ1) is 14.6. The minimum atomic E-state index is 0.0194. The molecule has 2 heterocycles. The zero-order chi connectivity index (χ0) is 14.7. The minimum Gasteiger partial charge on any atom is -0.459 e. The van der Waals surface area contributed by atoms with Crippen LogP contribution in [0, 0.1) is 0 Å². The Morgan fingerprint density at radius 1 is 1.33 bits per heavy atom. The van der Waals surface area contributed by atoms with Crippen LogP contribution in [0.1, 0.15) is 36.2 Å². The highest BCUT2D eigenvalue weighted by atomic mass is 16.5. The number of carbonyl (C=O) groups excluding carboxylic acids is 1. The first-order valence-corrected chi connectivity index (χ1v) is 7.99. The number of rotatable bonds is 3. The molecule has 1 saturated heterocycles. The van der Waals surface area contributed by atoms with Crippen molar-refractivity contribution < 1.29 is 18.8 Å². The molecule has 1 aliphatic carbocycles. The summed E-state index contributed by atoms with van der Waals surface area (Å²) in [6.45, 7) is 3.64. The quantitative estimate of drug-likeness (QED) is 0.887. The van der Waals surface area contributed by atoms with Crippen molar-refractivity contribution >= 4 is 5.91 Å². The predicted molar refractivity (Wildman–Crippen MR) is 78.4 cm³/mol. The molecule has 1 N–H and O–H groups in total. The number of nitrogens with zero attached hydrogens (tertiary/aromatic N) is 1. The van der Waals surface area contributed by atoms with Crippen LogP contribution < -0.4 is 4.90 Å². The maximum atomic E-state index is 12.3. The molecule has 1 aromatic rings. The SMILES string of the molecule is COC1CCCCC1[NH+]1CCN(C(=O)c2ccco2)CC1. The van der Waals surface area contributed by atoms with Crippen LogP contribution in [-0.4, -0.2) is 56.2 Å². The first-order chi connectivity index (χ1) is 10.3. The van der Waals surface area contributed by atoms with Gasteiger partial charge in [-0.2, -0.15) is 0 Å². The summed E-state index contributed by atoms with van der Waals surface area (Å²) < 4.78 is 10.9. The molecular formula is C16H25N2O3+. The van der Waals surface area contributed by atoms with Crippen molar-refractivity contribution in [3.8, 4) is 0 Å². The Morgan fingerprint density at radius 2 is 2.10 bits per heavy atom. The lowest BCUT2D eigenvalue weighted by Gasteiger charge is -2.40. The van der Waals surface area contributed by atoms with Crippen molar-refractivity contribution in [3.05, 3.63) is 24.2 Å². The van der Waals surface area contributed by atoms with Crippen molar-refractivity contribution in [1.29, 1.82) is 0 Å². The number of hydrogen-bond donors (Lipinski definition) is 1. The van der Waals surface area contributed by atoms with E-state index in [1.54, 1.807) is 23.3 Å². The summed E-state index contributed by atoms with van der Waals surface area (Å²) in [7, 11) is 1.83. The van der Waals surface area contributed by atoms with E-state index in [-0.39, 0.29) is 5.91 Å². The number of carbonyl (C=O) groups is 1. The molecule has 21 heavy (non-hydrogen) atoms. The maximum absolute atomic E-state index is 12.3. The van der Waals surface area contributed by atoms with E-state index in [0.717, 1.165) is 26.2 Å². The third-order valence-corrected chi connectivity index (χ3v) is 4.95. The van der Waals surface area contributed by atoms with Gasteiger partial charge in [-0.1, -0.05) is 6.42 Å². The number of piperazine rings is 1. The van der Waals surface area contributed by atoms with E-state index >= 15 is 0 Å². The molecule has 2 unspecified atom stereocenters. The van der Waals surface area contributed by atoms with Gasteiger partial charge in [0.25, 0.3) is 5.91 Å². The number of nitrogens with one attached hydrogen (secondary N) is 1. The van der Waals surface area contributed by atoms with Gasteiger partial charge in [0.2, 0.25) is 0 Å². The van der Waals surface area contributed by atoms with Crippen LogP contribution in [0.2, 0.25) is 0 Å². The van der Waals surface area contributed by atoms with E-state index in [1.807, 2.05) is 12.0 Å². The van der Waals surface area contributed by atoms with Crippen LogP contribution in [0.3, 0.4) is 0 Å². The molecule has 1 aliphatic heterocycles. The smallest absolute Gasteiger partial charge is 0.289 e. The second-order valence-electron chi connectivity index (χ2n) is 6.09. The van der Waals surface area contributed by atoms with Crippen LogP contribution in [-0.2, 0) is 4.74 Å². The van der Waals surface area contributed by atoms with Gasteiger partial charge < -0.3 is 19.0 Å². The molecule has 0 radical (unpaired) electrons. The second-order valence-corrected chi connectivity index (χ2v) is 6.09. The molecule has 1 aromatic heterocycles. The molecule has 2 atom stereocenters. The van der Waals surface area contributed by atoms with Gasteiger partial charge in [-0.25, -0.2) is 0 Å². The molecule has 0 aromatic carbocycles. The monoisotopic (exact) mass is 293 g/mol. The molecule has 3 rings (SSSR count). The van der Waals surface area contributed by atoms with Crippen molar-refractivity contribution in [1.82, 2.24) is 4.90 Å². The Morgan fingerprint density at radius 3 is 2.76 bits per heavy atom. The third kappa shape index (κ3) is 3.14. The highest BCUT2D eigenvalue weighted by Crippen LogP contribution is 2.19. The topological polar surface area (TPSA) is 47.1 Å². The summed E-state index contributed by atoms with van der Waals surface area (Å²) in [5.41, 5.74) is 0. The summed E-state index contributed by atoms with van der Waals surface area (Å²) in [6.07, 6.45) is 6.97. The van der Waals surface area contributed by atoms with Gasteiger partial charge in [-0.15, -0.1) is 0 Å². The van der Waals surface area contributed by atoms with Crippen molar-refractivity contribution in [2.24, 2.45) is 0 Å². The fraction of sp³-hybridized carbons (Fsp3) is 0.688. The van der Waals surface area contributed by atoms with Crippen molar-refractivity contribution in [2.75, 3.05) is 33.3 Å². The molecule has 116 valence electrons. The van der Waals surface area contributed by atoms with Crippen LogP contribution in [0.4, 0.5) is 0 Å². The Hall–Kier alpha value is -1.33. The predicted octanol–water partition coefficient (Wildman–Crippen LogP) is 0.578. The van der Waals surface area contributed by atoms with Crippen LogP contribution in [0.5, 0.6) is 0 Å². The first-order valence-electron chi connectivity index (χ1n) is 7.99. The summed E-state index contributed by atoms with van der Waals surface area (Å²) in [5, 5.41) is 0. The third-order valence-electron chi connectivity index (χ3n) is 4.95. The van der Waals surface area contributed by atoms with Gasteiger partial charge in [-0.3, -0.25) is 4.79 Å². The van der Waals surface area contributed by atoms with Gasteiger partial charge in [0.15, 0.2) is 5.76 Å². The van der Waals surface area contributed by atoms with Gasteiger partial charge >= 0.3 is 0 Å². The number of hydrogen-bond acceptors (Lipinski definition) is 3. The molecule has 1 amide bonds. The van der Waals surface area contributed by atoms with E-state index in [9.17, 15) is 4.79 Å². The Kier molecular flexibility index (Phi) is 4.60. The fourth-order valence-electron chi connectivity index (χ4n) is 3.77. The molecule has 2 fully saturated rings. The number of methoxy groups -OCH3 is 1. The standard InChI is InChI=1S/C16H24N2O3/c1-20-14-6-3-2-5-13(14)17-8-10-18(11-9-17)16(19)15-7-4-12-21-15/h4,7,12-14H,2-3,5-6,8-11H2,1H3/p+1. The summed E-state index contributed by atoms with van der Waals surface area (Å²) >= 11 is 0. The highest BCUT2D eigenvalue weighted by molar-refractivity contribution is 5.91. The number of amides is 1. The van der Waals surface area contributed by atoms with E-state index in [4.69, 9.17) is 9.15 Å². The van der Waals surface area contributed by atoms with E-state index in [0.29, 0.717) is 17.9 Å². The fourth-order valence-corrected chi connectivity index (χ4v) is 3.77. The van der Waals surface area contributed by atoms with Gasteiger partial charge in [-0.05, 0) is 25.0 Å². The average Bonchev–Trinajstić information content (AvgIpc) is 3.09. The zero-order valence-electron chi connectivity index (χ0n) is 12.7. The summed E-state index contributed by atoms with van der Waals surface area (Å²) in [5.74, 6) is 0.469. The second kappa shape index (κ2) is 6.62. The Bertz CT molecular complexity index is 452. The Labute approximate surface area is 125 Å². The van der Waals surface area contributed by atoms with Crippen molar-refractivity contribution in [3.63, 3.8) is 0 Å². The van der Waals surface area contributed by atoms with Gasteiger partial charge in [0.05, 0.1) is 32.4 Å². The van der Waals surface area contributed by atoms with E-state index < -0.39 is 0 Å². The molecule has 5 nitrogen and oxygen atoms in total. The Balaban J connectivity index is 1.56. The molecule has 0 bridgehead atoms. The van der Waals surface area contributed by atoms with E-state index in [2.05, 4.69) is 0 Å². The van der Waals surface area contributed by atoms with Crippen LogP contribution in [0.15, 0.2) is 22.8 Å². The molecular weight excluding hydrogens is 268 g/mol. The number of quaternary nitrogens is 1. The lowest BCUT2D eigenvalue weighted by atomic mass is 9.91. The number of furan rings is 1. The van der Waals surface area contributed by atoms with Crippen molar-refractivity contribution in [2.45, 2.75) is 37.8 Å². The minimum absolute atomic E-state index is 0.0194. The summed E-state index contributed by atoms with van der Waals surface area (Å²) in [4.78, 5) is 15.8. The summed E-state index contributed by atoms with van der Waals surface area (Å²) in [6, 6.07) is 4.11. The van der Waals surface area contributed by atoms with Gasteiger partial charge in [0, 0.05) is 13.5 Å². The van der Waals surface area contributed by atoms with E-state index in [1.165, 1.54) is 25.7 Å². The molecule has 1 saturated carbocycles. The van der Waals surface area contributed by atoms with Gasteiger partial charge in [0.1, 0.15) is 12.1 Å². The molecule has 5 heteroatoms. The normalized spacial score (nSPS) is 27.8. The lowest BCUT2D eigenvalue weighted by Crippen LogP contribution is -3.19. The van der Waals surface area contributed by atoms with Crippen LogP contribution >= 0.6 is 0 Å². The highest BCUT2D eigenvalue weighted by Gasteiger charge is 2.36. The van der Waals surface area contributed by atoms with Crippen LogP contribution in [0.25, 0.3) is 0 Å². The number of ether oxygens (including phenoxy) is 1. The zero-order valence-corrected chi connectivity index (χ0v) is 12.7. The maximum Gasteiger partial charge on any atom is 0.289 e. The molecule has 2 aliphatic rings. The lowest BCUT2D eigenvalue weighted by molar-refractivity contribution is -0.933. The molecule has 0 spiro atoms.